The van der Waals surface area contributed by atoms with Crippen molar-refractivity contribution in [1.82, 2.24) is 5.32 Å². The molecular weight excluding hydrogens is 274 g/mol. The highest BCUT2D eigenvalue weighted by molar-refractivity contribution is 6.42. The van der Waals surface area contributed by atoms with E-state index in [1.54, 1.807) is 48.5 Å². The van der Waals surface area contributed by atoms with E-state index in [1.807, 2.05) is 6.92 Å². The first-order chi connectivity index (χ1) is 9.56. The molecule has 102 valence electrons. The van der Waals surface area contributed by atoms with Crippen molar-refractivity contribution in [3.05, 3.63) is 70.2 Å². The Balaban J connectivity index is 1.96. The van der Waals surface area contributed by atoms with Crippen LogP contribution < -0.4 is 5.32 Å². The number of aryl methyl sites for hydroxylation is 1. The third-order valence-corrected chi connectivity index (χ3v) is 3.14. The van der Waals surface area contributed by atoms with Crippen molar-refractivity contribution in [3.63, 3.8) is 0 Å². The van der Waals surface area contributed by atoms with Crippen LogP contribution in [-0.2, 0) is 11.3 Å². The first-order valence-corrected chi connectivity index (χ1v) is 6.58. The number of amides is 1. The standard InChI is InChI=1S/C16H14ClNO2/c1-11-2-6-13(7-3-11)15(19)16(20)18-10-12-4-8-14(17)9-5-12/h2-9H,10H2,1H3,(H,18,20). The molecule has 0 unspecified atom stereocenters. The first-order valence-electron chi connectivity index (χ1n) is 6.20. The Kier molecular flexibility index (Phi) is 4.53. The van der Waals surface area contributed by atoms with Gasteiger partial charge in [-0.25, -0.2) is 0 Å². The third kappa shape index (κ3) is 3.68. The monoisotopic (exact) mass is 287 g/mol. The summed E-state index contributed by atoms with van der Waals surface area (Å²) in [6.07, 6.45) is 0. The van der Waals surface area contributed by atoms with Crippen molar-refractivity contribution in [1.29, 1.82) is 0 Å². The van der Waals surface area contributed by atoms with Gasteiger partial charge in [-0.3, -0.25) is 9.59 Å². The van der Waals surface area contributed by atoms with Crippen molar-refractivity contribution >= 4 is 23.3 Å². The van der Waals surface area contributed by atoms with Crippen LogP contribution in [0.5, 0.6) is 0 Å². The van der Waals surface area contributed by atoms with Gasteiger partial charge in [0.15, 0.2) is 0 Å². The molecule has 0 atom stereocenters. The zero-order valence-electron chi connectivity index (χ0n) is 11.0. The van der Waals surface area contributed by atoms with E-state index in [4.69, 9.17) is 11.6 Å². The number of Topliss-reactive ketones (excluding diaryl/α,β-unsaturated/α-hetero) is 1. The van der Waals surface area contributed by atoms with Crippen LogP contribution in [0.4, 0.5) is 0 Å². The number of halogens is 1. The summed E-state index contributed by atoms with van der Waals surface area (Å²) in [5.74, 6) is -1.14. The average molecular weight is 288 g/mol. The normalized spacial score (nSPS) is 10.1. The Labute approximate surface area is 122 Å². The zero-order valence-corrected chi connectivity index (χ0v) is 11.8. The van der Waals surface area contributed by atoms with Gasteiger partial charge < -0.3 is 5.32 Å². The van der Waals surface area contributed by atoms with Crippen molar-refractivity contribution < 1.29 is 9.59 Å². The fraction of sp³-hybridized carbons (Fsp3) is 0.125. The molecule has 0 aliphatic heterocycles. The molecule has 0 aliphatic rings. The Morgan fingerprint density at radius 2 is 1.60 bits per heavy atom. The maximum absolute atomic E-state index is 11.9. The van der Waals surface area contributed by atoms with Crippen LogP contribution >= 0.6 is 11.6 Å². The topological polar surface area (TPSA) is 46.2 Å². The highest BCUT2D eigenvalue weighted by atomic mass is 35.5. The molecule has 3 nitrogen and oxygen atoms in total. The minimum Gasteiger partial charge on any atom is -0.345 e. The van der Waals surface area contributed by atoms with E-state index in [2.05, 4.69) is 5.32 Å². The molecule has 2 rings (SSSR count). The summed E-state index contributed by atoms with van der Waals surface area (Å²) in [7, 11) is 0. The molecule has 0 spiro atoms. The molecule has 1 N–H and O–H groups in total. The maximum atomic E-state index is 11.9. The summed E-state index contributed by atoms with van der Waals surface area (Å²) < 4.78 is 0. The summed E-state index contributed by atoms with van der Waals surface area (Å²) >= 11 is 5.78. The highest BCUT2D eigenvalue weighted by Gasteiger charge is 2.15. The number of ketones is 1. The van der Waals surface area contributed by atoms with E-state index in [0.717, 1.165) is 11.1 Å². The van der Waals surface area contributed by atoms with Gasteiger partial charge in [0.1, 0.15) is 0 Å². The number of carbonyl (C=O) groups excluding carboxylic acids is 2. The van der Waals surface area contributed by atoms with Crippen molar-refractivity contribution in [3.8, 4) is 0 Å². The molecule has 0 saturated heterocycles. The van der Waals surface area contributed by atoms with Crippen LogP contribution in [0.2, 0.25) is 5.02 Å². The summed E-state index contributed by atoms with van der Waals surface area (Å²) in [6, 6.07) is 14.0. The van der Waals surface area contributed by atoms with E-state index in [9.17, 15) is 9.59 Å². The number of carbonyl (C=O) groups is 2. The van der Waals surface area contributed by atoms with Crippen LogP contribution in [0.25, 0.3) is 0 Å². The number of benzene rings is 2. The second kappa shape index (κ2) is 6.35. The lowest BCUT2D eigenvalue weighted by Gasteiger charge is -2.05. The van der Waals surface area contributed by atoms with Crippen LogP contribution in [0.15, 0.2) is 48.5 Å². The van der Waals surface area contributed by atoms with Crippen LogP contribution in [0.1, 0.15) is 21.5 Å². The predicted octanol–water partition coefficient (Wildman–Crippen LogP) is 3.15. The number of nitrogens with one attached hydrogen (secondary N) is 1. The van der Waals surface area contributed by atoms with Gasteiger partial charge in [0.2, 0.25) is 5.78 Å². The summed E-state index contributed by atoms with van der Waals surface area (Å²) in [5.41, 5.74) is 2.33. The fourth-order valence-corrected chi connectivity index (χ4v) is 1.83. The minimum absolute atomic E-state index is 0.299. The lowest BCUT2D eigenvalue weighted by atomic mass is 10.1. The molecule has 2 aromatic rings. The first kappa shape index (κ1) is 14.3. The molecule has 4 heteroatoms. The van der Waals surface area contributed by atoms with Crippen molar-refractivity contribution in [2.75, 3.05) is 0 Å². The number of hydrogen-bond donors (Lipinski definition) is 1. The lowest BCUT2D eigenvalue weighted by Crippen LogP contribution is -2.30. The SMILES string of the molecule is Cc1ccc(C(=O)C(=O)NCc2ccc(Cl)cc2)cc1. The molecule has 20 heavy (non-hydrogen) atoms. The highest BCUT2D eigenvalue weighted by Crippen LogP contribution is 2.09. The molecule has 0 heterocycles. The Bertz CT molecular complexity index is 618. The number of hydrogen-bond acceptors (Lipinski definition) is 2. The Morgan fingerprint density at radius 3 is 2.20 bits per heavy atom. The Hall–Kier alpha value is -2.13. The van der Waals surface area contributed by atoms with Gasteiger partial charge in [-0.15, -0.1) is 0 Å². The fourth-order valence-electron chi connectivity index (χ4n) is 1.70. The quantitative estimate of drug-likeness (QED) is 0.693. The number of rotatable bonds is 4. The van der Waals surface area contributed by atoms with E-state index in [1.165, 1.54) is 0 Å². The average Bonchev–Trinajstić information content (AvgIpc) is 2.46. The third-order valence-electron chi connectivity index (χ3n) is 2.89. The van der Waals surface area contributed by atoms with Gasteiger partial charge in [-0.2, -0.15) is 0 Å². The summed E-state index contributed by atoms with van der Waals surface area (Å²) in [5, 5.41) is 3.23. The molecular formula is C16H14ClNO2. The van der Waals surface area contributed by atoms with E-state index >= 15 is 0 Å². The molecule has 1 amide bonds. The summed E-state index contributed by atoms with van der Waals surface area (Å²) in [6.45, 7) is 2.22. The largest absolute Gasteiger partial charge is 0.345 e. The van der Waals surface area contributed by atoms with Gasteiger partial charge in [-0.1, -0.05) is 53.6 Å². The molecule has 0 aliphatic carbocycles. The molecule has 0 aromatic heterocycles. The summed E-state index contributed by atoms with van der Waals surface area (Å²) in [4.78, 5) is 23.7. The second-order valence-electron chi connectivity index (χ2n) is 4.50. The van der Waals surface area contributed by atoms with Gasteiger partial charge in [0, 0.05) is 17.1 Å². The van der Waals surface area contributed by atoms with Crippen LogP contribution in [0, 0.1) is 6.92 Å². The van der Waals surface area contributed by atoms with Crippen LogP contribution in [-0.4, -0.2) is 11.7 Å². The van der Waals surface area contributed by atoms with Gasteiger partial charge in [-0.05, 0) is 24.6 Å². The lowest BCUT2D eigenvalue weighted by molar-refractivity contribution is -0.117. The molecule has 2 aromatic carbocycles. The predicted molar refractivity (Wildman–Crippen MR) is 78.8 cm³/mol. The molecule has 0 bridgehead atoms. The molecule has 0 radical (unpaired) electrons. The Morgan fingerprint density at radius 1 is 1.00 bits per heavy atom. The van der Waals surface area contributed by atoms with Crippen molar-refractivity contribution in [2.45, 2.75) is 13.5 Å². The van der Waals surface area contributed by atoms with Crippen molar-refractivity contribution in [2.24, 2.45) is 0 Å². The minimum atomic E-state index is -0.608. The van der Waals surface area contributed by atoms with E-state index in [-0.39, 0.29) is 0 Å². The van der Waals surface area contributed by atoms with Gasteiger partial charge >= 0.3 is 0 Å². The smallest absolute Gasteiger partial charge is 0.292 e. The molecule has 0 saturated carbocycles. The van der Waals surface area contributed by atoms with Gasteiger partial charge in [0.05, 0.1) is 0 Å². The second-order valence-corrected chi connectivity index (χ2v) is 4.94. The van der Waals surface area contributed by atoms with Gasteiger partial charge in [0.25, 0.3) is 5.91 Å². The zero-order chi connectivity index (χ0) is 14.5. The van der Waals surface area contributed by atoms with Crippen LogP contribution in [0.3, 0.4) is 0 Å². The van der Waals surface area contributed by atoms with E-state index in [0.29, 0.717) is 17.1 Å². The molecule has 0 fully saturated rings. The maximum Gasteiger partial charge on any atom is 0.292 e. The van der Waals surface area contributed by atoms with E-state index < -0.39 is 11.7 Å².